The van der Waals surface area contributed by atoms with E-state index in [1.807, 2.05) is 41.5 Å². The number of carbonyl (C=O) groups excluding carboxylic acids is 1. The molecule has 0 aliphatic rings. The van der Waals surface area contributed by atoms with Gasteiger partial charge in [-0.25, -0.2) is 0 Å². The first-order valence-corrected chi connectivity index (χ1v) is 9.79. The van der Waals surface area contributed by atoms with Crippen molar-refractivity contribution >= 4 is 14.8 Å². The molecule has 0 fully saturated rings. The average Bonchev–Trinajstić information content (AvgIpc) is 2.25. The van der Waals surface area contributed by atoms with Crippen LogP contribution in [0.5, 0.6) is 0 Å². The molecule has 0 heterocycles. The van der Waals surface area contributed by atoms with Crippen molar-refractivity contribution in [2.24, 2.45) is 0 Å². The summed E-state index contributed by atoms with van der Waals surface area (Å²) in [5.41, 5.74) is 0.0648. The third-order valence-corrected chi connectivity index (χ3v) is 5.75. The van der Waals surface area contributed by atoms with Gasteiger partial charge < -0.3 is 23.2 Å². The van der Waals surface area contributed by atoms with Gasteiger partial charge in [-0.15, -0.1) is 0 Å². The molecule has 0 spiro atoms. The number of aliphatic carboxylic acids is 1. The Kier molecular flexibility index (Phi) is 12.7. The fourth-order valence-electron chi connectivity index (χ4n) is 1.64. The molecule has 6 heteroatoms. The van der Waals surface area contributed by atoms with Crippen LogP contribution in [0.4, 0.5) is 0 Å². The van der Waals surface area contributed by atoms with Crippen LogP contribution in [0.15, 0.2) is 12.2 Å². The standard InChI is InChI=1S/C12H28O3Si.C4H6O2/c1-8-9-16(13-10(2)3,14-11(4)5)15-12(6)7;1-3(2)4(5)6/h10-12H,8-9H2,1-7H3;1H2,2H3,(H,5,6)/p-1. The maximum absolute atomic E-state index is 9.49. The first-order valence-electron chi connectivity index (χ1n) is 7.86. The summed E-state index contributed by atoms with van der Waals surface area (Å²) in [5.74, 6) is -1.19. The Labute approximate surface area is 137 Å². The number of carboxylic acids is 1. The molecule has 22 heavy (non-hydrogen) atoms. The summed E-state index contributed by atoms with van der Waals surface area (Å²) in [4.78, 5) is 9.49. The average molecular weight is 334 g/mol. The molecule has 0 aliphatic carbocycles. The Morgan fingerprint density at radius 2 is 1.27 bits per heavy atom. The molecule has 0 aromatic heterocycles. The summed E-state index contributed by atoms with van der Waals surface area (Å²) >= 11 is 0. The van der Waals surface area contributed by atoms with E-state index >= 15 is 0 Å². The third-order valence-electron chi connectivity index (χ3n) is 2.15. The summed E-state index contributed by atoms with van der Waals surface area (Å²) in [7, 11) is -2.48. The van der Waals surface area contributed by atoms with Gasteiger partial charge in [0.2, 0.25) is 0 Å². The summed E-state index contributed by atoms with van der Waals surface area (Å²) in [6, 6.07) is 0.890. The zero-order valence-electron chi connectivity index (χ0n) is 15.4. The molecule has 0 saturated carbocycles. The smallest absolute Gasteiger partial charge is 0.501 e. The molecule has 0 aromatic carbocycles. The van der Waals surface area contributed by atoms with Gasteiger partial charge in [-0.3, -0.25) is 0 Å². The highest BCUT2D eigenvalue weighted by atomic mass is 28.4. The van der Waals surface area contributed by atoms with Crippen molar-refractivity contribution < 1.29 is 23.2 Å². The number of carboxylic acid groups (broad SMARTS) is 1. The van der Waals surface area contributed by atoms with Crippen LogP contribution in [0, 0.1) is 0 Å². The van der Waals surface area contributed by atoms with Crippen molar-refractivity contribution in [3.05, 3.63) is 12.2 Å². The van der Waals surface area contributed by atoms with Crippen LogP contribution in [0.2, 0.25) is 6.04 Å². The van der Waals surface area contributed by atoms with Gasteiger partial charge in [-0.2, -0.15) is 0 Å². The molecule has 0 atom stereocenters. The Morgan fingerprint density at radius 3 is 1.41 bits per heavy atom. The van der Waals surface area contributed by atoms with E-state index in [9.17, 15) is 9.90 Å². The molecular formula is C16H33O5Si-. The van der Waals surface area contributed by atoms with Crippen molar-refractivity contribution in [1.29, 1.82) is 0 Å². The Morgan fingerprint density at radius 1 is 1.00 bits per heavy atom. The van der Waals surface area contributed by atoms with Gasteiger partial charge in [0.05, 0.1) is 5.97 Å². The SMILES string of the molecule is C=C(C)C(=O)[O-].CCC[Si](OC(C)C)(OC(C)C)OC(C)C. The van der Waals surface area contributed by atoms with Gasteiger partial charge >= 0.3 is 8.80 Å². The summed E-state index contributed by atoms with van der Waals surface area (Å²) in [5, 5.41) is 9.49. The lowest BCUT2D eigenvalue weighted by atomic mass is 10.4. The minimum Gasteiger partial charge on any atom is -0.545 e. The largest absolute Gasteiger partial charge is 0.545 e. The van der Waals surface area contributed by atoms with E-state index in [2.05, 4.69) is 13.5 Å². The molecule has 0 amide bonds. The van der Waals surface area contributed by atoms with E-state index in [1.54, 1.807) is 0 Å². The molecule has 0 bridgehead atoms. The molecule has 0 N–H and O–H groups in total. The first-order chi connectivity index (χ1) is 9.95. The highest BCUT2D eigenvalue weighted by Crippen LogP contribution is 2.23. The van der Waals surface area contributed by atoms with E-state index in [-0.39, 0.29) is 23.9 Å². The lowest BCUT2D eigenvalue weighted by Crippen LogP contribution is -2.50. The van der Waals surface area contributed by atoms with E-state index in [1.165, 1.54) is 6.92 Å². The van der Waals surface area contributed by atoms with Crippen LogP contribution in [0.25, 0.3) is 0 Å². The van der Waals surface area contributed by atoms with Crippen LogP contribution in [0.3, 0.4) is 0 Å². The van der Waals surface area contributed by atoms with Crippen molar-refractivity contribution in [2.75, 3.05) is 0 Å². The predicted octanol–water partition coefficient (Wildman–Crippen LogP) is 2.92. The zero-order chi connectivity index (χ0) is 17.9. The quantitative estimate of drug-likeness (QED) is 0.479. The number of carbonyl (C=O) groups is 1. The fourth-order valence-corrected chi connectivity index (χ4v) is 4.93. The van der Waals surface area contributed by atoms with Gasteiger partial charge in [-0.1, -0.05) is 19.9 Å². The molecule has 0 aromatic rings. The summed E-state index contributed by atoms with van der Waals surface area (Å²) in [6.45, 7) is 18.8. The van der Waals surface area contributed by atoms with Crippen molar-refractivity contribution in [3.8, 4) is 0 Å². The normalized spacial score (nSPS) is 11.6. The highest BCUT2D eigenvalue weighted by molar-refractivity contribution is 6.60. The molecule has 5 nitrogen and oxygen atoms in total. The van der Waals surface area contributed by atoms with E-state index in [4.69, 9.17) is 13.3 Å². The molecule has 0 aliphatic heterocycles. The lowest BCUT2D eigenvalue weighted by molar-refractivity contribution is -0.299. The maximum Gasteiger partial charge on any atom is 0.501 e. The van der Waals surface area contributed by atoms with Crippen molar-refractivity contribution in [1.82, 2.24) is 0 Å². The molecule has 0 rings (SSSR count). The van der Waals surface area contributed by atoms with E-state index < -0.39 is 14.8 Å². The number of hydrogen-bond acceptors (Lipinski definition) is 5. The first kappa shape index (κ1) is 23.6. The van der Waals surface area contributed by atoms with Crippen LogP contribution >= 0.6 is 0 Å². The minimum absolute atomic E-state index is 0.0648. The lowest BCUT2D eigenvalue weighted by Gasteiger charge is -2.34. The molecule has 0 saturated heterocycles. The van der Waals surface area contributed by atoms with E-state index in [0.717, 1.165) is 12.5 Å². The number of hydrogen-bond donors (Lipinski definition) is 0. The van der Waals surface area contributed by atoms with Crippen LogP contribution in [-0.4, -0.2) is 33.1 Å². The van der Waals surface area contributed by atoms with Gasteiger partial charge in [-0.05, 0) is 54.0 Å². The second kappa shape index (κ2) is 11.8. The molecule has 132 valence electrons. The van der Waals surface area contributed by atoms with Crippen molar-refractivity contribution in [2.45, 2.75) is 86.2 Å². The zero-order valence-corrected chi connectivity index (χ0v) is 16.4. The monoisotopic (exact) mass is 333 g/mol. The Balaban J connectivity index is 0. The molecule has 0 unspecified atom stereocenters. The van der Waals surface area contributed by atoms with Crippen LogP contribution in [-0.2, 0) is 18.1 Å². The van der Waals surface area contributed by atoms with Gasteiger partial charge in [0.1, 0.15) is 0 Å². The van der Waals surface area contributed by atoms with Gasteiger partial charge in [0.25, 0.3) is 0 Å². The third kappa shape index (κ3) is 13.0. The Hall–Kier alpha value is -0.693. The predicted molar refractivity (Wildman–Crippen MR) is 89.3 cm³/mol. The van der Waals surface area contributed by atoms with Crippen molar-refractivity contribution in [3.63, 3.8) is 0 Å². The maximum atomic E-state index is 9.49. The van der Waals surface area contributed by atoms with E-state index in [0.29, 0.717) is 0 Å². The van der Waals surface area contributed by atoms with Gasteiger partial charge in [0.15, 0.2) is 0 Å². The topological polar surface area (TPSA) is 67.8 Å². The van der Waals surface area contributed by atoms with Crippen LogP contribution in [0.1, 0.15) is 61.8 Å². The molecular weight excluding hydrogens is 300 g/mol. The fraction of sp³-hybridized carbons (Fsp3) is 0.812. The number of rotatable bonds is 9. The minimum atomic E-state index is -2.48. The Bertz CT molecular complexity index is 288. The second-order valence-corrected chi connectivity index (χ2v) is 8.57. The summed E-state index contributed by atoms with van der Waals surface area (Å²) in [6.07, 6.45) is 1.47. The van der Waals surface area contributed by atoms with Gasteiger partial charge in [0, 0.05) is 24.4 Å². The van der Waals surface area contributed by atoms with Crippen LogP contribution < -0.4 is 5.11 Å². The second-order valence-electron chi connectivity index (χ2n) is 6.00. The molecule has 0 radical (unpaired) electrons. The highest BCUT2D eigenvalue weighted by Gasteiger charge is 2.43. The summed E-state index contributed by atoms with van der Waals surface area (Å²) < 4.78 is 18.0.